The molecule has 0 aromatic heterocycles. The Morgan fingerprint density at radius 3 is 1.73 bits per heavy atom. The highest BCUT2D eigenvalue weighted by Gasteiger charge is 2.05. The predicted octanol–water partition coefficient (Wildman–Crippen LogP) is 3.25. The number of aromatic carboxylic acids is 1. The first kappa shape index (κ1) is 21.2. The van der Waals surface area contributed by atoms with Gasteiger partial charge in [-0.3, -0.25) is 9.59 Å². The van der Waals surface area contributed by atoms with E-state index in [9.17, 15) is 14.4 Å². The molecule has 0 atom stereocenters. The summed E-state index contributed by atoms with van der Waals surface area (Å²) in [6, 6.07) is 13.2. The third-order valence-electron chi connectivity index (χ3n) is 3.40. The second-order valence-corrected chi connectivity index (χ2v) is 5.42. The van der Waals surface area contributed by atoms with Crippen LogP contribution in [0.25, 0.3) is 0 Å². The number of ether oxygens (including phenoxy) is 2. The molecule has 0 saturated heterocycles. The van der Waals surface area contributed by atoms with E-state index >= 15 is 0 Å². The minimum absolute atomic E-state index is 0.00394. The van der Waals surface area contributed by atoms with Gasteiger partial charge in [-0.25, -0.2) is 4.79 Å². The Labute approximate surface area is 152 Å². The summed E-state index contributed by atoms with van der Waals surface area (Å²) < 4.78 is 9.60. The number of rotatable bonds is 7. The summed E-state index contributed by atoms with van der Waals surface area (Å²) in [5.74, 6) is -0.989. The molecule has 1 N–H and O–H groups in total. The average Bonchev–Trinajstić information content (AvgIpc) is 2.63. The minimum Gasteiger partial charge on any atom is -0.478 e. The van der Waals surface area contributed by atoms with Crippen LogP contribution >= 0.6 is 0 Å². The summed E-state index contributed by atoms with van der Waals surface area (Å²) in [5, 5.41) is 8.57. The normalized spacial score (nSPS) is 9.81. The summed E-state index contributed by atoms with van der Waals surface area (Å²) in [6.07, 6.45) is 0. The maximum Gasteiger partial charge on any atom is 0.335 e. The van der Waals surface area contributed by atoms with Crippen molar-refractivity contribution in [3.63, 3.8) is 0 Å². The lowest BCUT2D eigenvalue weighted by Gasteiger charge is -2.00. The van der Waals surface area contributed by atoms with Crippen LogP contribution in [0.3, 0.4) is 0 Å². The maximum atomic E-state index is 11.3. The number of ketones is 2. The van der Waals surface area contributed by atoms with Crippen molar-refractivity contribution < 1.29 is 29.0 Å². The first-order valence-electron chi connectivity index (χ1n) is 7.83. The Balaban J connectivity index is 0.000000263. The molecule has 0 heterocycles. The van der Waals surface area contributed by atoms with E-state index in [2.05, 4.69) is 0 Å². The van der Waals surface area contributed by atoms with Crippen molar-refractivity contribution in [2.24, 2.45) is 0 Å². The number of hydrogen-bond donors (Lipinski definition) is 1. The fourth-order valence-corrected chi connectivity index (χ4v) is 2.02. The van der Waals surface area contributed by atoms with E-state index in [1.165, 1.54) is 14.0 Å². The van der Waals surface area contributed by atoms with Crippen LogP contribution in [0.15, 0.2) is 48.5 Å². The molecular formula is C20H22O6. The monoisotopic (exact) mass is 358 g/mol. The maximum absolute atomic E-state index is 11.3. The SMILES string of the molecule is COCC(=O)c1ccc(C(C)=O)cc1.COCc1ccc(C(=O)O)cc1. The molecule has 0 aliphatic rings. The summed E-state index contributed by atoms with van der Waals surface area (Å²) in [5.41, 5.74) is 2.45. The predicted molar refractivity (Wildman–Crippen MR) is 96.8 cm³/mol. The van der Waals surface area contributed by atoms with E-state index in [4.69, 9.17) is 14.6 Å². The van der Waals surface area contributed by atoms with Gasteiger partial charge in [0.15, 0.2) is 11.6 Å². The molecule has 2 rings (SSSR count). The van der Waals surface area contributed by atoms with Crippen LogP contribution in [-0.2, 0) is 16.1 Å². The number of benzene rings is 2. The average molecular weight is 358 g/mol. The molecule has 0 unspecified atom stereocenters. The molecule has 2 aromatic rings. The summed E-state index contributed by atoms with van der Waals surface area (Å²) in [4.78, 5) is 32.7. The van der Waals surface area contributed by atoms with Gasteiger partial charge in [0.25, 0.3) is 0 Å². The molecule has 0 fully saturated rings. The second-order valence-electron chi connectivity index (χ2n) is 5.42. The van der Waals surface area contributed by atoms with E-state index in [1.807, 2.05) is 0 Å². The Kier molecular flexibility index (Phi) is 8.91. The minimum atomic E-state index is -0.904. The molecule has 2 aromatic carbocycles. The molecule has 0 aliphatic heterocycles. The van der Waals surface area contributed by atoms with Gasteiger partial charge in [0.2, 0.25) is 0 Å². The fraction of sp³-hybridized carbons (Fsp3) is 0.250. The van der Waals surface area contributed by atoms with Gasteiger partial charge < -0.3 is 14.6 Å². The van der Waals surface area contributed by atoms with Gasteiger partial charge in [0.1, 0.15) is 6.61 Å². The van der Waals surface area contributed by atoms with Crippen LogP contribution in [-0.4, -0.2) is 43.5 Å². The number of carboxylic acids is 1. The van der Waals surface area contributed by atoms with E-state index in [0.29, 0.717) is 23.3 Å². The molecule has 0 bridgehead atoms. The van der Waals surface area contributed by atoms with Gasteiger partial charge in [0, 0.05) is 25.3 Å². The van der Waals surface area contributed by atoms with Crippen molar-refractivity contribution in [2.45, 2.75) is 13.5 Å². The Hall–Kier alpha value is -2.83. The summed E-state index contributed by atoms with van der Waals surface area (Å²) in [6.45, 7) is 2.07. The highest BCUT2D eigenvalue weighted by molar-refractivity contribution is 5.99. The molecule has 0 amide bonds. The van der Waals surface area contributed by atoms with Crippen LogP contribution in [0, 0.1) is 0 Å². The van der Waals surface area contributed by atoms with Gasteiger partial charge in [-0.05, 0) is 24.6 Å². The van der Waals surface area contributed by atoms with Crippen LogP contribution in [0.5, 0.6) is 0 Å². The molecule has 0 saturated carbocycles. The lowest BCUT2D eigenvalue weighted by Crippen LogP contribution is -2.07. The lowest BCUT2D eigenvalue weighted by atomic mass is 10.1. The zero-order valence-corrected chi connectivity index (χ0v) is 15.0. The van der Waals surface area contributed by atoms with Gasteiger partial charge in [-0.1, -0.05) is 36.4 Å². The number of methoxy groups -OCH3 is 2. The fourth-order valence-electron chi connectivity index (χ4n) is 2.02. The Morgan fingerprint density at radius 2 is 1.31 bits per heavy atom. The highest BCUT2D eigenvalue weighted by atomic mass is 16.5. The summed E-state index contributed by atoms with van der Waals surface area (Å²) in [7, 11) is 3.08. The zero-order chi connectivity index (χ0) is 19.5. The van der Waals surface area contributed by atoms with Gasteiger partial charge in [-0.2, -0.15) is 0 Å². The van der Waals surface area contributed by atoms with E-state index in [0.717, 1.165) is 5.56 Å². The van der Waals surface area contributed by atoms with Crippen LogP contribution in [0.1, 0.15) is 43.6 Å². The van der Waals surface area contributed by atoms with Crippen molar-refractivity contribution >= 4 is 17.5 Å². The molecule has 0 radical (unpaired) electrons. The van der Waals surface area contributed by atoms with Crippen molar-refractivity contribution in [1.82, 2.24) is 0 Å². The third kappa shape index (κ3) is 6.96. The van der Waals surface area contributed by atoms with Crippen LogP contribution in [0.2, 0.25) is 0 Å². The van der Waals surface area contributed by atoms with Crippen molar-refractivity contribution in [3.8, 4) is 0 Å². The largest absolute Gasteiger partial charge is 0.478 e. The van der Waals surface area contributed by atoms with Crippen LogP contribution in [0.4, 0.5) is 0 Å². The molecule has 138 valence electrons. The van der Waals surface area contributed by atoms with Gasteiger partial charge in [-0.15, -0.1) is 0 Å². The van der Waals surface area contributed by atoms with Gasteiger partial charge >= 0.3 is 5.97 Å². The number of Topliss-reactive ketones (excluding diaryl/α,β-unsaturated/α-hetero) is 2. The van der Waals surface area contributed by atoms with E-state index < -0.39 is 5.97 Å². The molecule has 26 heavy (non-hydrogen) atoms. The molecule has 0 spiro atoms. The number of carbonyl (C=O) groups is 3. The zero-order valence-electron chi connectivity index (χ0n) is 15.0. The number of hydrogen-bond acceptors (Lipinski definition) is 5. The van der Waals surface area contributed by atoms with E-state index in [1.54, 1.807) is 55.6 Å². The first-order chi connectivity index (χ1) is 12.4. The standard InChI is InChI=1S/C11H12O3.C9H10O3/c1-8(12)9-3-5-10(6-4-9)11(13)7-14-2;1-12-6-7-2-4-8(5-3-7)9(10)11/h3-6H,7H2,1-2H3;2-5H,6H2,1H3,(H,10,11). The van der Waals surface area contributed by atoms with E-state index in [-0.39, 0.29) is 18.2 Å². The Bertz CT molecular complexity index is 732. The van der Waals surface area contributed by atoms with Crippen molar-refractivity contribution in [3.05, 3.63) is 70.8 Å². The first-order valence-corrected chi connectivity index (χ1v) is 7.83. The second kappa shape index (κ2) is 10.9. The third-order valence-corrected chi connectivity index (χ3v) is 3.40. The lowest BCUT2D eigenvalue weighted by molar-refractivity contribution is 0.0696. The van der Waals surface area contributed by atoms with Gasteiger partial charge in [0.05, 0.1) is 12.2 Å². The number of carboxylic acid groups (broad SMARTS) is 1. The number of carbonyl (C=O) groups excluding carboxylic acids is 2. The highest BCUT2D eigenvalue weighted by Crippen LogP contribution is 2.06. The molecule has 6 nitrogen and oxygen atoms in total. The summed E-state index contributed by atoms with van der Waals surface area (Å²) >= 11 is 0. The smallest absolute Gasteiger partial charge is 0.335 e. The van der Waals surface area contributed by atoms with Crippen molar-refractivity contribution in [2.75, 3.05) is 20.8 Å². The molecular weight excluding hydrogens is 336 g/mol. The molecule has 6 heteroatoms. The Morgan fingerprint density at radius 1 is 0.808 bits per heavy atom. The quantitative estimate of drug-likeness (QED) is 0.764. The molecule has 0 aliphatic carbocycles. The van der Waals surface area contributed by atoms with Crippen molar-refractivity contribution in [1.29, 1.82) is 0 Å². The topological polar surface area (TPSA) is 89.9 Å². The van der Waals surface area contributed by atoms with Crippen LogP contribution < -0.4 is 0 Å².